The Morgan fingerprint density at radius 3 is 0.855 bits per heavy atom. The number of carboxylic acid groups (broad SMARTS) is 2. The molecule has 0 heterocycles. The number of benzene rings is 6. The molecule has 76 heavy (non-hydrogen) atoms. The summed E-state index contributed by atoms with van der Waals surface area (Å²) >= 11 is 0. The van der Waals surface area contributed by atoms with Gasteiger partial charge in [0.25, 0.3) is 0 Å². The van der Waals surface area contributed by atoms with Crippen LogP contribution < -0.4 is 9.80 Å². The van der Waals surface area contributed by atoms with Crippen LogP contribution in [-0.2, 0) is 22.4 Å². The number of carbonyl (C=O) groups is 2. The molecule has 0 aliphatic rings. The lowest BCUT2D eigenvalue weighted by Gasteiger charge is -2.26. The summed E-state index contributed by atoms with van der Waals surface area (Å²) in [7, 11) is 0. The van der Waals surface area contributed by atoms with Crippen LogP contribution in [0.3, 0.4) is 0 Å². The molecule has 0 aromatic heterocycles. The first-order valence-electron chi connectivity index (χ1n) is 28.1. The predicted molar refractivity (Wildman–Crippen MR) is 315 cm³/mol. The summed E-state index contributed by atoms with van der Waals surface area (Å²) < 4.78 is 0. The molecule has 0 unspecified atom stereocenters. The largest absolute Gasteiger partial charge is 0.477 e. The van der Waals surface area contributed by atoms with Gasteiger partial charge in [0.2, 0.25) is 0 Å². The molecule has 0 fully saturated rings. The van der Waals surface area contributed by atoms with Crippen LogP contribution in [0.15, 0.2) is 157 Å². The minimum atomic E-state index is -1.26. The molecule has 0 amide bonds. The molecular weight excluding hydrogens is 937 g/mol. The van der Waals surface area contributed by atoms with Gasteiger partial charge in [-0.15, -0.1) is 0 Å². The van der Waals surface area contributed by atoms with E-state index in [2.05, 4.69) is 121 Å². The topological polar surface area (TPSA) is 129 Å². The van der Waals surface area contributed by atoms with Gasteiger partial charge in [-0.05, 0) is 144 Å². The number of anilines is 6. The maximum Gasteiger partial charge on any atom is 0.346 e. The van der Waals surface area contributed by atoms with Gasteiger partial charge >= 0.3 is 11.9 Å². The summed E-state index contributed by atoms with van der Waals surface area (Å²) in [5, 5.41) is 37.7. The molecule has 0 aliphatic heterocycles. The van der Waals surface area contributed by atoms with E-state index in [4.69, 9.17) is 0 Å². The number of hydrogen-bond donors (Lipinski definition) is 2. The monoisotopic (exact) mass is 1010 g/mol. The van der Waals surface area contributed by atoms with Gasteiger partial charge in [-0.25, -0.2) is 9.59 Å². The molecule has 8 heteroatoms. The quantitative estimate of drug-likeness (QED) is 0.0237. The first-order valence-corrected chi connectivity index (χ1v) is 28.1. The van der Waals surface area contributed by atoms with Crippen molar-refractivity contribution < 1.29 is 19.8 Å². The highest BCUT2D eigenvalue weighted by Crippen LogP contribution is 2.39. The van der Waals surface area contributed by atoms with E-state index in [0.717, 1.165) is 58.1 Å². The van der Waals surface area contributed by atoms with Crippen molar-refractivity contribution >= 4 is 58.2 Å². The smallest absolute Gasteiger partial charge is 0.346 e. The first kappa shape index (κ1) is 57.6. The summed E-state index contributed by atoms with van der Waals surface area (Å²) in [6.45, 7) is 4.53. The molecule has 394 valence electrons. The molecule has 0 atom stereocenters. The zero-order valence-corrected chi connectivity index (χ0v) is 45.1. The SMILES string of the molecule is CCCCCCCCCCCCc1ccc(N(c2ccc(/C=C(/C#N)C(=O)O)cc2)c2ccc(-c3ccc(N(c4ccc(/C=C(\C#N)C(=O)O)cc4)c4ccc(CCCCCCCCCCCC)cc4)cc3)cc2)cc1. The number of unbranched alkanes of at least 4 members (excludes halogenated alkanes) is 18. The van der Waals surface area contributed by atoms with Crippen LogP contribution in [0.4, 0.5) is 34.1 Å². The van der Waals surface area contributed by atoms with Gasteiger partial charge in [0, 0.05) is 34.1 Å². The lowest BCUT2D eigenvalue weighted by Crippen LogP contribution is -2.10. The highest BCUT2D eigenvalue weighted by Gasteiger charge is 2.17. The van der Waals surface area contributed by atoms with E-state index in [9.17, 15) is 30.3 Å². The fraction of sp³-hybridized carbons (Fsp3) is 0.353. The van der Waals surface area contributed by atoms with Crippen molar-refractivity contribution in [1.82, 2.24) is 0 Å². The van der Waals surface area contributed by atoms with Gasteiger partial charge in [0.15, 0.2) is 0 Å². The van der Waals surface area contributed by atoms with Crippen LogP contribution in [-0.4, -0.2) is 22.2 Å². The third-order valence-corrected chi connectivity index (χ3v) is 14.2. The fourth-order valence-electron chi connectivity index (χ4n) is 9.81. The van der Waals surface area contributed by atoms with Crippen molar-refractivity contribution in [3.05, 3.63) is 179 Å². The molecule has 2 N–H and O–H groups in total. The average molecular weight is 1020 g/mol. The molecule has 6 aromatic rings. The molecule has 6 rings (SSSR count). The van der Waals surface area contributed by atoms with E-state index in [1.54, 1.807) is 12.1 Å². The average Bonchev–Trinajstić information content (AvgIpc) is 3.45. The van der Waals surface area contributed by atoms with E-state index in [0.29, 0.717) is 11.1 Å². The number of rotatable bonds is 33. The summed E-state index contributed by atoms with van der Waals surface area (Å²) in [5.41, 5.74) is 11.0. The van der Waals surface area contributed by atoms with Crippen molar-refractivity contribution in [2.24, 2.45) is 0 Å². The van der Waals surface area contributed by atoms with Crippen LogP contribution in [0, 0.1) is 22.7 Å². The van der Waals surface area contributed by atoms with E-state index in [1.807, 2.05) is 48.5 Å². The summed E-state index contributed by atoms with van der Waals surface area (Å²) in [6.07, 6.45) is 31.1. The minimum Gasteiger partial charge on any atom is -0.477 e. The second kappa shape index (κ2) is 31.9. The maximum atomic E-state index is 11.6. The fourth-order valence-corrected chi connectivity index (χ4v) is 9.81. The van der Waals surface area contributed by atoms with Gasteiger partial charge in [-0.1, -0.05) is 202 Å². The van der Waals surface area contributed by atoms with Crippen LogP contribution in [0.2, 0.25) is 0 Å². The van der Waals surface area contributed by atoms with E-state index in [1.165, 1.54) is 152 Å². The number of nitriles is 2. The first-order chi connectivity index (χ1) is 37.2. The molecular formula is C68H78N4O4. The lowest BCUT2D eigenvalue weighted by molar-refractivity contribution is -0.133. The van der Waals surface area contributed by atoms with Crippen LogP contribution in [0.25, 0.3) is 23.3 Å². The molecule has 0 saturated carbocycles. The third kappa shape index (κ3) is 18.3. The maximum absolute atomic E-state index is 11.6. The number of hydrogen-bond acceptors (Lipinski definition) is 6. The molecule has 0 aliphatic carbocycles. The molecule has 0 saturated heterocycles. The van der Waals surface area contributed by atoms with Gasteiger partial charge in [0.05, 0.1) is 0 Å². The molecule has 0 radical (unpaired) electrons. The highest BCUT2D eigenvalue weighted by atomic mass is 16.4. The van der Waals surface area contributed by atoms with Gasteiger partial charge in [0.1, 0.15) is 23.3 Å². The Morgan fingerprint density at radius 1 is 0.368 bits per heavy atom. The predicted octanol–water partition coefficient (Wildman–Crippen LogP) is 19.2. The molecule has 0 bridgehead atoms. The Morgan fingerprint density at radius 2 is 0.605 bits per heavy atom. The van der Waals surface area contributed by atoms with E-state index < -0.39 is 11.9 Å². The lowest BCUT2D eigenvalue weighted by atomic mass is 10.0. The van der Waals surface area contributed by atoms with Crippen molar-refractivity contribution in [2.45, 2.75) is 155 Å². The highest BCUT2D eigenvalue weighted by molar-refractivity contribution is 5.97. The minimum absolute atomic E-state index is 0.320. The van der Waals surface area contributed by atoms with Gasteiger partial charge in [-0.2, -0.15) is 10.5 Å². The standard InChI is InChI=1S/C68H78N4O4/c1-3-5-7-9-11-13-15-17-19-21-23-53-25-37-61(38-26-53)71(63-41-29-55(30-42-63)49-59(51-69)67(73)74)65-45-33-57(34-46-65)58-35-47-66(48-36-58)72(64-43-31-56(32-44-64)50-60(52-70)68(75)76)62-39-27-54(28-40-62)24-22-20-18-16-14-12-10-8-6-4-2/h25-50H,3-24H2,1-2H3,(H,73,74)(H,75,76)/b59-49-,60-50+. The van der Waals surface area contributed by atoms with Gasteiger partial charge in [-0.3, -0.25) is 0 Å². The third-order valence-electron chi connectivity index (χ3n) is 14.2. The normalized spacial score (nSPS) is 11.5. The Kier molecular flexibility index (Phi) is 24.2. The Hall–Kier alpha value is -7.68. The number of nitrogens with zero attached hydrogens (tertiary/aromatic N) is 4. The van der Waals surface area contributed by atoms with Crippen molar-refractivity contribution in [2.75, 3.05) is 9.80 Å². The molecule has 8 nitrogen and oxygen atoms in total. The second-order valence-electron chi connectivity index (χ2n) is 20.1. The Balaban J connectivity index is 1.19. The van der Waals surface area contributed by atoms with Crippen LogP contribution >= 0.6 is 0 Å². The number of carboxylic acids is 2. The number of aryl methyl sites for hydroxylation is 2. The van der Waals surface area contributed by atoms with Crippen molar-refractivity contribution in [3.8, 4) is 23.3 Å². The molecule has 0 spiro atoms. The zero-order valence-electron chi connectivity index (χ0n) is 45.1. The second-order valence-corrected chi connectivity index (χ2v) is 20.1. The summed E-state index contributed by atoms with van der Waals surface area (Å²) in [6, 6.07) is 53.3. The summed E-state index contributed by atoms with van der Waals surface area (Å²) in [4.78, 5) is 27.6. The van der Waals surface area contributed by atoms with Crippen LogP contribution in [0.5, 0.6) is 0 Å². The van der Waals surface area contributed by atoms with Crippen molar-refractivity contribution in [3.63, 3.8) is 0 Å². The van der Waals surface area contributed by atoms with Gasteiger partial charge < -0.3 is 20.0 Å². The van der Waals surface area contributed by atoms with Crippen LogP contribution in [0.1, 0.15) is 165 Å². The van der Waals surface area contributed by atoms with Crippen molar-refractivity contribution in [1.29, 1.82) is 10.5 Å². The zero-order chi connectivity index (χ0) is 53.7. The molecule has 6 aromatic carbocycles. The number of aliphatic carboxylic acids is 2. The van der Waals surface area contributed by atoms with E-state index in [-0.39, 0.29) is 11.1 Å². The summed E-state index contributed by atoms with van der Waals surface area (Å²) in [5.74, 6) is -2.51. The Bertz CT molecular complexity index is 2640. The Labute approximate surface area is 453 Å². The van der Waals surface area contributed by atoms with E-state index >= 15 is 0 Å².